The number of rotatable bonds is 2. The second-order valence-corrected chi connectivity index (χ2v) is 7.06. The van der Waals surface area contributed by atoms with E-state index < -0.39 is 11.7 Å². The Bertz CT molecular complexity index is 840. The minimum Gasteiger partial charge on any atom is -0.370 e. The number of piperidine rings is 1. The van der Waals surface area contributed by atoms with Gasteiger partial charge in [-0.25, -0.2) is 4.98 Å². The van der Waals surface area contributed by atoms with Gasteiger partial charge in [0.2, 0.25) is 0 Å². The van der Waals surface area contributed by atoms with Crippen molar-refractivity contribution in [2.24, 2.45) is 0 Å². The second-order valence-electron chi connectivity index (χ2n) is 6.70. The number of hydrogen-bond acceptors (Lipinski definition) is 4. The quantitative estimate of drug-likeness (QED) is 0.756. The highest BCUT2D eigenvalue weighted by Gasteiger charge is 2.45. The van der Waals surface area contributed by atoms with Crippen LogP contribution in [0.25, 0.3) is 0 Å². The fourth-order valence-electron chi connectivity index (χ4n) is 4.05. The summed E-state index contributed by atoms with van der Waals surface area (Å²) in [5, 5.41) is 6.50. The van der Waals surface area contributed by atoms with E-state index in [4.69, 9.17) is 11.6 Å². The Labute approximate surface area is 154 Å². The predicted molar refractivity (Wildman–Crippen MR) is 96.4 cm³/mol. The van der Waals surface area contributed by atoms with Crippen LogP contribution in [-0.2, 0) is 6.18 Å². The van der Waals surface area contributed by atoms with Crippen molar-refractivity contribution in [2.45, 2.75) is 24.6 Å². The van der Waals surface area contributed by atoms with E-state index >= 15 is 0 Å². The number of aromatic nitrogens is 1. The first kappa shape index (κ1) is 17.4. The van der Waals surface area contributed by atoms with E-state index in [0.717, 1.165) is 24.6 Å². The lowest BCUT2D eigenvalue weighted by atomic mass is 9.89. The van der Waals surface area contributed by atoms with Gasteiger partial charge in [0, 0.05) is 37.4 Å². The largest absolute Gasteiger partial charge is 0.418 e. The van der Waals surface area contributed by atoms with Crippen molar-refractivity contribution in [1.29, 1.82) is 0 Å². The summed E-state index contributed by atoms with van der Waals surface area (Å²) in [4.78, 5) is 5.76. The maximum Gasteiger partial charge on any atom is 0.418 e. The molecule has 138 valence electrons. The number of anilines is 3. The highest BCUT2D eigenvalue weighted by molar-refractivity contribution is 6.32. The third-order valence-electron chi connectivity index (χ3n) is 5.18. The van der Waals surface area contributed by atoms with Gasteiger partial charge in [-0.2, -0.15) is 13.2 Å². The molecule has 3 heterocycles. The zero-order valence-electron chi connectivity index (χ0n) is 14.1. The Balaban J connectivity index is 1.82. The molecular formula is C18H18ClF3N4. The molecule has 1 fully saturated rings. The topological polar surface area (TPSA) is 40.2 Å². The molecule has 0 saturated carbocycles. The number of alkyl halides is 3. The van der Waals surface area contributed by atoms with Crippen molar-refractivity contribution >= 4 is 28.7 Å². The summed E-state index contributed by atoms with van der Waals surface area (Å²) < 4.78 is 41.4. The summed E-state index contributed by atoms with van der Waals surface area (Å²) in [5.41, 5.74) is 1.24. The van der Waals surface area contributed by atoms with E-state index in [1.54, 1.807) is 24.1 Å². The molecule has 1 aromatic heterocycles. The number of hydrogen-bond donors (Lipinski definition) is 2. The summed E-state index contributed by atoms with van der Waals surface area (Å²) in [7, 11) is 1.76. The minimum absolute atomic E-state index is 0.0379. The molecule has 4 rings (SSSR count). The summed E-state index contributed by atoms with van der Waals surface area (Å²) >= 11 is 6.04. The van der Waals surface area contributed by atoms with E-state index in [0.29, 0.717) is 23.6 Å². The van der Waals surface area contributed by atoms with Gasteiger partial charge in [0.1, 0.15) is 0 Å². The summed E-state index contributed by atoms with van der Waals surface area (Å²) in [5.74, 6) is 0.0379. The number of pyridine rings is 1. The third-order valence-corrected chi connectivity index (χ3v) is 5.48. The fraction of sp³-hybridized carbons (Fsp3) is 0.389. The molecular weight excluding hydrogens is 365 g/mol. The molecule has 2 aliphatic heterocycles. The highest BCUT2D eigenvalue weighted by Crippen LogP contribution is 2.50. The van der Waals surface area contributed by atoms with Crippen molar-refractivity contribution < 1.29 is 13.2 Å². The lowest BCUT2D eigenvalue weighted by Crippen LogP contribution is -2.42. The maximum atomic E-state index is 13.8. The molecule has 26 heavy (non-hydrogen) atoms. The van der Waals surface area contributed by atoms with Crippen LogP contribution in [0.5, 0.6) is 0 Å². The van der Waals surface area contributed by atoms with Gasteiger partial charge in [-0.3, -0.25) is 0 Å². The normalized spacial score (nSPS) is 22.1. The summed E-state index contributed by atoms with van der Waals surface area (Å²) in [6.07, 6.45) is -2.08. The highest BCUT2D eigenvalue weighted by atomic mass is 35.5. The number of nitrogens with one attached hydrogen (secondary N) is 2. The van der Waals surface area contributed by atoms with E-state index in [1.165, 1.54) is 6.20 Å². The number of fused-ring (bicyclic) bond motifs is 3. The van der Waals surface area contributed by atoms with Crippen LogP contribution >= 0.6 is 11.6 Å². The minimum atomic E-state index is -4.43. The van der Waals surface area contributed by atoms with Crippen molar-refractivity contribution in [2.75, 3.05) is 30.4 Å². The smallest absolute Gasteiger partial charge is 0.370 e. The maximum absolute atomic E-state index is 13.8. The van der Waals surface area contributed by atoms with Gasteiger partial charge in [0.05, 0.1) is 16.9 Å². The van der Waals surface area contributed by atoms with Gasteiger partial charge < -0.3 is 15.5 Å². The summed E-state index contributed by atoms with van der Waals surface area (Å²) in [6, 6.07) is 6.42. The molecule has 0 amide bonds. The average molecular weight is 383 g/mol. The van der Waals surface area contributed by atoms with Gasteiger partial charge in [0.25, 0.3) is 0 Å². The molecule has 4 nitrogen and oxygen atoms in total. The Morgan fingerprint density at radius 2 is 2.15 bits per heavy atom. The van der Waals surface area contributed by atoms with Crippen molar-refractivity contribution in [3.8, 4) is 0 Å². The average Bonchev–Trinajstić information content (AvgIpc) is 2.89. The van der Waals surface area contributed by atoms with Gasteiger partial charge in [-0.1, -0.05) is 11.6 Å². The van der Waals surface area contributed by atoms with E-state index in [-0.39, 0.29) is 17.1 Å². The molecule has 2 atom stereocenters. The van der Waals surface area contributed by atoms with Gasteiger partial charge in [-0.05, 0) is 42.8 Å². The van der Waals surface area contributed by atoms with Crippen LogP contribution in [0.1, 0.15) is 23.5 Å². The number of likely N-dealkylation sites (N-methyl/N-ethyl adjacent to an activating group) is 1. The second kappa shape index (κ2) is 6.32. The zero-order chi connectivity index (χ0) is 18.5. The molecule has 2 N–H and O–H groups in total. The monoisotopic (exact) mass is 382 g/mol. The van der Waals surface area contributed by atoms with Crippen LogP contribution in [0.4, 0.5) is 30.2 Å². The van der Waals surface area contributed by atoms with E-state index in [1.807, 2.05) is 6.07 Å². The predicted octanol–water partition coefficient (Wildman–Crippen LogP) is 4.39. The third kappa shape index (κ3) is 2.89. The molecule has 0 spiro atoms. The van der Waals surface area contributed by atoms with Crippen molar-refractivity contribution in [3.63, 3.8) is 0 Å². The number of halogens is 4. The Hall–Kier alpha value is -1.99. The van der Waals surface area contributed by atoms with Crippen molar-refractivity contribution in [1.82, 2.24) is 10.3 Å². The SMILES string of the molecule is CN1c2c(cc(Nc3cccnc3Cl)cc2C(F)(F)F)[C@@H]2CNCCC21. The fourth-order valence-corrected chi connectivity index (χ4v) is 4.21. The Morgan fingerprint density at radius 1 is 1.35 bits per heavy atom. The summed E-state index contributed by atoms with van der Waals surface area (Å²) in [6.45, 7) is 1.49. The van der Waals surface area contributed by atoms with E-state index in [9.17, 15) is 13.2 Å². The van der Waals surface area contributed by atoms with Crippen LogP contribution in [0.2, 0.25) is 5.15 Å². The van der Waals surface area contributed by atoms with Crippen LogP contribution in [0.3, 0.4) is 0 Å². The van der Waals surface area contributed by atoms with Crippen LogP contribution < -0.4 is 15.5 Å². The van der Waals surface area contributed by atoms with E-state index in [2.05, 4.69) is 15.6 Å². The van der Waals surface area contributed by atoms with Gasteiger partial charge >= 0.3 is 6.18 Å². The Morgan fingerprint density at radius 3 is 2.88 bits per heavy atom. The molecule has 1 unspecified atom stereocenters. The molecule has 0 aliphatic carbocycles. The molecule has 0 radical (unpaired) electrons. The first-order valence-electron chi connectivity index (χ1n) is 8.42. The Kier molecular flexibility index (Phi) is 4.23. The molecule has 0 bridgehead atoms. The first-order valence-corrected chi connectivity index (χ1v) is 8.80. The van der Waals surface area contributed by atoms with Crippen LogP contribution in [-0.4, -0.2) is 31.2 Å². The first-order chi connectivity index (χ1) is 12.4. The molecule has 8 heteroatoms. The molecule has 2 aromatic rings. The van der Waals surface area contributed by atoms with Gasteiger partial charge in [-0.15, -0.1) is 0 Å². The molecule has 1 aromatic carbocycles. The van der Waals surface area contributed by atoms with Crippen LogP contribution in [0.15, 0.2) is 30.5 Å². The van der Waals surface area contributed by atoms with Crippen molar-refractivity contribution in [3.05, 3.63) is 46.7 Å². The van der Waals surface area contributed by atoms with Gasteiger partial charge in [0.15, 0.2) is 5.15 Å². The standard InChI is InChI=1S/C18H18ClF3N4/c1-26-15-4-6-23-9-12(15)11-7-10(8-13(16(11)26)18(20,21)22)25-14-3-2-5-24-17(14)19/h2-3,5,7-8,12,15,23,25H,4,6,9H2,1H3/t12-,15?/m0/s1. The molecule has 1 saturated heterocycles. The number of nitrogens with zero attached hydrogens (tertiary/aromatic N) is 2. The molecule has 2 aliphatic rings. The lowest BCUT2D eigenvalue weighted by molar-refractivity contribution is -0.137. The van der Waals surface area contributed by atoms with Crippen LogP contribution in [0, 0.1) is 0 Å². The lowest BCUT2D eigenvalue weighted by Gasteiger charge is -2.31. The number of benzene rings is 1. The zero-order valence-corrected chi connectivity index (χ0v) is 14.8.